The number of hydrogen-bond donors (Lipinski definition) is 0. The van der Waals surface area contributed by atoms with Crippen LogP contribution in [0.2, 0.25) is 19.0 Å². The van der Waals surface area contributed by atoms with Gasteiger partial charge < -0.3 is 0 Å². The molecule has 0 aromatic heterocycles. The van der Waals surface area contributed by atoms with Crippen molar-refractivity contribution in [1.29, 1.82) is 0 Å². The molecular weight excluding hydrogens is 154 g/mol. The highest BCUT2D eigenvalue weighted by Crippen LogP contribution is 2.53. The van der Waals surface area contributed by atoms with Gasteiger partial charge in [0.1, 0.15) is 6.71 Å². The zero-order valence-corrected chi connectivity index (χ0v) is 7.56. The fourth-order valence-corrected chi connectivity index (χ4v) is 4.27. The lowest BCUT2D eigenvalue weighted by Gasteiger charge is -2.51. The summed E-state index contributed by atoms with van der Waals surface area (Å²) in [4.78, 5) is 0. The van der Waals surface area contributed by atoms with Gasteiger partial charge in [-0.2, -0.15) is 0 Å². The molecule has 0 amide bonds. The molecule has 0 N–H and O–H groups in total. The Bertz CT molecular complexity index is 152. The second-order valence-electron chi connectivity index (χ2n) is 4.88. The van der Waals surface area contributed by atoms with Crippen LogP contribution >= 0.6 is 11.6 Å². The third-order valence-corrected chi connectivity index (χ3v) is 4.82. The van der Waals surface area contributed by atoms with E-state index >= 15 is 0 Å². The fourth-order valence-electron chi connectivity index (χ4n) is 3.86. The molecule has 4 rings (SSSR count). The van der Waals surface area contributed by atoms with E-state index in [0.29, 0.717) is 5.38 Å². The summed E-state index contributed by atoms with van der Waals surface area (Å²) in [6.07, 6.45) is 7.38. The summed E-state index contributed by atoms with van der Waals surface area (Å²) in [5, 5.41) is 0.558. The highest BCUT2D eigenvalue weighted by Gasteiger charge is 2.48. The standard InChI is InChI=1S/C9H14BCl/c11-9-7-1-6-2-8(9)5-10(3-6)4-7/h6-9H,1-5H2. The van der Waals surface area contributed by atoms with E-state index in [9.17, 15) is 0 Å². The summed E-state index contributed by atoms with van der Waals surface area (Å²) < 4.78 is 0. The Morgan fingerprint density at radius 3 is 2.18 bits per heavy atom. The quantitative estimate of drug-likeness (QED) is 0.385. The molecule has 60 valence electrons. The van der Waals surface area contributed by atoms with Crippen molar-refractivity contribution in [2.24, 2.45) is 17.8 Å². The van der Waals surface area contributed by atoms with Gasteiger partial charge in [0.2, 0.25) is 0 Å². The maximum Gasteiger partial charge on any atom is 0.140 e. The number of halogens is 1. The second-order valence-corrected chi connectivity index (χ2v) is 5.38. The molecule has 0 spiro atoms. The van der Waals surface area contributed by atoms with Crippen LogP contribution in [0, 0.1) is 17.8 Å². The van der Waals surface area contributed by atoms with E-state index in [4.69, 9.17) is 11.6 Å². The molecule has 2 atom stereocenters. The first-order valence-corrected chi connectivity index (χ1v) is 5.40. The third-order valence-electron chi connectivity index (χ3n) is 4.11. The van der Waals surface area contributed by atoms with Crippen LogP contribution in [0.4, 0.5) is 0 Å². The van der Waals surface area contributed by atoms with Crippen molar-refractivity contribution < 1.29 is 0 Å². The van der Waals surface area contributed by atoms with Crippen LogP contribution in [0.1, 0.15) is 12.8 Å². The van der Waals surface area contributed by atoms with E-state index in [1.807, 2.05) is 0 Å². The van der Waals surface area contributed by atoms with Gasteiger partial charge in [-0.05, 0) is 30.6 Å². The number of rotatable bonds is 0. The topological polar surface area (TPSA) is 0 Å². The summed E-state index contributed by atoms with van der Waals surface area (Å²) in [6.45, 7) is 1.08. The molecule has 4 bridgehead atoms. The van der Waals surface area contributed by atoms with Crippen LogP contribution in [-0.4, -0.2) is 12.1 Å². The molecule has 1 aliphatic carbocycles. The van der Waals surface area contributed by atoms with E-state index in [2.05, 4.69) is 0 Å². The molecule has 0 nitrogen and oxygen atoms in total. The SMILES string of the molecule is ClC1C2CB3CC(C2)CC1C3. The van der Waals surface area contributed by atoms with Gasteiger partial charge in [-0.1, -0.05) is 19.0 Å². The van der Waals surface area contributed by atoms with Crippen molar-refractivity contribution in [1.82, 2.24) is 0 Å². The minimum atomic E-state index is 0.558. The molecular formula is C9H14BCl. The first-order valence-electron chi connectivity index (χ1n) is 4.97. The average molecular weight is 168 g/mol. The van der Waals surface area contributed by atoms with E-state index in [0.717, 1.165) is 24.5 Å². The van der Waals surface area contributed by atoms with Crippen molar-refractivity contribution in [2.75, 3.05) is 0 Å². The molecule has 1 saturated carbocycles. The average Bonchev–Trinajstić information content (AvgIpc) is 1.98. The van der Waals surface area contributed by atoms with Crippen molar-refractivity contribution in [3.05, 3.63) is 0 Å². The van der Waals surface area contributed by atoms with Crippen LogP contribution in [0.25, 0.3) is 0 Å². The monoisotopic (exact) mass is 168 g/mol. The van der Waals surface area contributed by atoms with Gasteiger partial charge in [0.15, 0.2) is 0 Å². The van der Waals surface area contributed by atoms with Crippen LogP contribution in [-0.2, 0) is 0 Å². The molecule has 4 fully saturated rings. The van der Waals surface area contributed by atoms with Crippen molar-refractivity contribution in [3.63, 3.8) is 0 Å². The first-order chi connectivity index (χ1) is 5.33. The van der Waals surface area contributed by atoms with E-state index in [-0.39, 0.29) is 0 Å². The van der Waals surface area contributed by atoms with Crippen LogP contribution in [0.15, 0.2) is 0 Å². The molecule has 11 heavy (non-hydrogen) atoms. The Hall–Kier alpha value is 0.355. The normalized spacial score (nSPS) is 53.7. The number of alkyl halides is 1. The Morgan fingerprint density at radius 2 is 1.64 bits per heavy atom. The second kappa shape index (κ2) is 2.19. The molecule has 0 aromatic carbocycles. The van der Waals surface area contributed by atoms with Crippen LogP contribution in [0.5, 0.6) is 0 Å². The fraction of sp³-hybridized carbons (Fsp3) is 1.00. The minimum Gasteiger partial charge on any atom is -0.122 e. The molecule has 4 aliphatic rings. The summed E-state index contributed by atoms with van der Waals surface area (Å²) in [5.41, 5.74) is 0. The maximum atomic E-state index is 6.37. The van der Waals surface area contributed by atoms with Gasteiger partial charge in [0, 0.05) is 5.38 Å². The van der Waals surface area contributed by atoms with Crippen LogP contribution < -0.4 is 0 Å². The lowest BCUT2D eigenvalue weighted by molar-refractivity contribution is 0.200. The summed E-state index contributed by atoms with van der Waals surface area (Å²) >= 11 is 6.37. The van der Waals surface area contributed by atoms with Crippen LogP contribution in [0.3, 0.4) is 0 Å². The third kappa shape index (κ3) is 0.899. The van der Waals surface area contributed by atoms with Crippen molar-refractivity contribution >= 4 is 18.3 Å². The highest BCUT2D eigenvalue weighted by atomic mass is 35.5. The smallest absolute Gasteiger partial charge is 0.122 e. The largest absolute Gasteiger partial charge is 0.140 e. The van der Waals surface area contributed by atoms with Gasteiger partial charge in [0.05, 0.1) is 0 Å². The van der Waals surface area contributed by atoms with Gasteiger partial charge >= 0.3 is 0 Å². The maximum absolute atomic E-state index is 6.37. The van der Waals surface area contributed by atoms with E-state index < -0.39 is 0 Å². The predicted molar refractivity (Wildman–Crippen MR) is 49.5 cm³/mol. The predicted octanol–water partition coefficient (Wildman–Crippen LogP) is 2.76. The summed E-state index contributed by atoms with van der Waals surface area (Å²) in [7, 11) is 0. The molecule has 2 heteroatoms. The van der Waals surface area contributed by atoms with E-state index in [1.54, 1.807) is 0 Å². The molecule has 0 aromatic rings. The Kier molecular flexibility index (Phi) is 1.36. The van der Waals surface area contributed by atoms with Gasteiger partial charge in [-0.25, -0.2) is 0 Å². The molecule has 2 unspecified atom stereocenters. The molecule has 3 aliphatic heterocycles. The number of hydrogen-bond acceptors (Lipinski definition) is 0. The van der Waals surface area contributed by atoms with Gasteiger partial charge in [-0.3, -0.25) is 0 Å². The molecule has 3 heterocycles. The summed E-state index contributed by atoms with van der Waals surface area (Å²) in [6, 6.07) is 0. The molecule has 0 radical (unpaired) electrons. The highest BCUT2D eigenvalue weighted by molar-refractivity contribution is 6.60. The molecule has 3 saturated heterocycles. The lowest BCUT2D eigenvalue weighted by atomic mass is 9.27. The lowest BCUT2D eigenvalue weighted by Crippen LogP contribution is -2.48. The summed E-state index contributed by atoms with van der Waals surface area (Å²) in [5.74, 6) is 2.90. The van der Waals surface area contributed by atoms with E-state index in [1.165, 1.54) is 31.8 Å². The van der Waals surface area contributed by atoms with Crippen molar-refractivity contribution in [3.8, 4) is 0 Å². The Labute approximate surface area is 73.8 Å². The zero-order chi connectivity index (χ0) is 7.42. The van der Waals surface area contributed by atoms with Crippen molar-refractivity contribution in [2.45, 2.75) is 37.2 Å². The Morgan fingerprint density at radius 1 is 1.00 bits per heavy atom. The van der Waals surface area contributed by atoms with Gasteiger partial charge in [-0.15, -0.1) is 11.6 Å². The first kappa shape index (κ1) is 6.83. The minimum absolute atomic E-state index is 0.558. The van der Waals surface area contributed by atoms with Gasteiger partial charge in [0.25, 0.3) is 0 Å². The zero-order valence-electron chi connectivity index (χ0n) is 6.80. The Balaban J connectivity index is 1.91.